The summed E-state index contributed by atoms with van der Waals surface area (Å²) in [7, 11) is -3.51. The van der Waals surface area contributed by atoms with Crippen molar-refractivity contribution in [1.29, 1.82) is 0 Å². The SMILES string of the molecule is CC(C)(C)NC(=O)C1CSCN1S(=O)(=O)Cc1ccccc1. The molecule has 0 radical (unpaired) electrons. The second-order valence-corrected chi connectivity index (χ2v) is 9.31. The monoisotopic (exact) mass is 342 g/mol. The summed E-state index contributed by atoms with van der Waals surface area (Å²) < 4.78 is 26.6. The van der Waals surface area contributed by atoms with Crippen LogP contribution >= 0.6 is 11.8 Å². The molecule has 1 heterocycles. The lowest BCUT2D eigenvalue weighted by atomic mass is 10.1. The molecule has 0 aromatic heterocycles. The van der Waals surface area contributed by atoms with Gasteiger partial charge in [0.15, 0.2) is 0 Å². The van der Waals surface area contributed by atoms with Crippen molar-refractivity contribution in [2.75, 3.05) is 11.6 Å². The maximum absolute atomic E-state index is 12.6. The van der Waals surface area contributed by atoms with E-state index in [0.717, 1.165) is 5.56 Å². The Bertz CT molecular complexity index is 624. The minimum Gasteiger partial charge on any atom is -0.350 e. The van der Waals surface area contributed by atoms with E-state index in [4.69, 9.17) is 0 Å². The van der Waals surface area contributed by atoms with Gasteiger partial charge in [-0.2, -0.15) is 4.31 Å². The van der Waals surface area contributed by atoms with Crippen LogP contribution in [0.2, 0.25) is 0 Å². The lowest BCUT2D eigenvalue weighted by Gasteiger charge is -2.27. The van der Waals surface area contributed by atoms with E-state index in [9.17, 15) is 13.2 Å². The third-order valence-corrected chi connectivity index (χ3v) is 6.16. The van der Waals surface area contributed by atoms with Crippen molar-refractivity contribution in [2.24, 2.45) is 0 Å². The molecule has 1 unspecified atom stereocenters. The first-order valence-electron chi connectivity index (χ1n) is 7.12. The summed E-state index contributed by atoms with van der Waals surface area (Å²) in [6, 6.07) is 8.41. The summed E-state index contributed by atoms with van der Waals surface area (Å²) in [5, 5.41) is 2.87. The van der Waals surface area contributed by atoms with Gasteiger partial charge in [0.2, 0.25) is 15.9 Å². The predicted octanol–water partition coefficient (Wildman–Crippen LogP) is 1.81. The molecular formula is C15H22N2O3S2. The Morgan fingerprint density at radius 1 is 1.32 bits per heavy atom. The third-order valence-electron chi connectivity index (χ3n) is 3.19. The van der Waals surface area contributed by atoms with Gasteiger partial charge in [-0.15, -0.1) is 11.8 Å². The molecule has 122 valence electrons. The van der Waals surface area contributed by atoms with Crippen molar-refractivity contribution in [1.82, 2.24) is 9.62 Å². The minimum atomic E-state index is -3.51. The number of thioether (sulfide) groups is 1. The van der Waals surface area contributed by atoms with E-state index in [1.807, 2.05) is 39.0 Å². The summed E-state index contributed by atoms with van der Waals surface area (Å²) in [6.07, 6.45) is 0. The number of sulfonamides is 1. The highest BCUT2D eigenvalue weighted by Gasteiger charge is 2.39. The smallest absolute Gasteiger partial charge is 0.239 e. The van der Waals surface area contributed by atoms with Crippen LogP contribution in [0, 0.1) is 0 Å². The Morgan fingerprint density at radius 3 is 2.55 bits per heavy atom. The molecule has 0 bridgehead atoms. The molecule has 0 spiro atoms. The molecule has 22 heavy (non-hydrogen) atoms. The zero-order valence-electron chi connectivity index (χ0n) is 13.1. The lowest BCUT2D eigenvalue weighted by molar-refractivity contribution is -0.125. The van der Waals surface area contributed by atoms with Crippen molar-refractivity contribution in [2.45, 2.75) is 38.1 Å². The van der Waals surface area contributed by atoms with Gasteiger partial charge in [0.25, 0.3) is 0 Å². The molecule has 1 aliphatic rings. The van der Waals surface area contributed by atoms with Crippen molar-refractivity contribution in [3.05, 3.63) is 35.9 Å². The normalized spacial score (nSPS) is 20.0. The van der Waals surface area contributed by atoms with Crippen LogP contribution < -0.4 is 5.32 Å². The molecule has 1 atom stereocenters. The molecule has 1 aliphatic heterocycles. The van der Waals surface area contributed by atoms with Crippen LogP contribution in [0.5, 0.6) is 0 Å². The number of amides is 1. The van der Waals surface area contributed by atoms with Crippen molar-refractivity contribution >= 4 is 27.7 Å². The van der Waals surface area contributed by atoms with Crippen LogP contribution in [0.4, 0.5) is 0 Å². The van der Waals surface area contributed by atoms with E-state index in [1.54, 1.807) is 12.1 Å². The standard InChI is InChI=1S/C15H22N2O3S2/c1-15(2,3)16-14(18)13-9-21-11-17(13)22(19,20)10-12-7-5-4-6-8-12/h4-8,13H,9-11H2,1-3H3,(H,16,18). The fourth-order valence-electron chi connectivity index (χ4n) is 2.23. The van der Waals surface area contributed by atoms with Gasteiger partial charge in [-0.25, -0.2) is 8.42 Å². The van der Waals surface area contributed by atoms with Gasteiger partial charge < -0.3 is 5.32 Å². The third kappa shape index (κ3) is 4.47. The molecule has 5 nitrogen and oxygen atoms in total. The number of carbonyl (C=O) groups excluding carboxylic acids is 1. The Balaban J connectivity index is 2.14. The summed E-state index contributed by atoms with van der Waals surface area (Å²) in [4.78, 5) is 12.3. The maximum Gasteiger partial charge on any atom is 0.239 e. The van der Waals surface area contributed by atoms with Crippen LogP contribution in [0.1, 0.15) is 26.3 Å². The highest BCUT2D eigenvalue weighted by Crippen LogP contribution is 2.26. The van der Waals surface area contributed by atoms with Crippen LogP contribution in [0.3, 0.4) is 0 Å². The Hall–Kier alpha value is -1.05. The average Bonchev–Trinajstić information content (AvgIpc) is 2.87. The van der Waals surface area contributed by atoms with E-state index in [2.05, 4.69) is 5.32 Å². The predicted molar refractivity (Wildman–Crippen MR) is 89.9 cm³/mol. The first kappa shape index (κ1) is 17.3. The van der Waals surface area contributed by atoms with E-state index in [-0.39, 0.29) is 17.2 Å². The second kappa shape index (κ2) is 6.60. The maximum atomic E-state index is 12.6. The topological polar surface area (TPSA) is 66.5 Å². The van der Waals surface area contributed by atoms with Crippen molar-refractivity contribution in [3.8, 4) is 0 Å². The first-order chi connectivity index (χ1) is 10.2. The highest BCUT2D eigenvalue weighted by molar-refractivity contribution is 8.00. The summed E-state index contributed by atoms with van der Waals surface area (Å²) in [5.41, 5.74) is 0.355. The van der Waals surface area contributed by atoms with Crippen LogP contribution in [0.25, 0.3) is 0 Å². The number of nitrogens with one attached hydrogen (secondary N) is 1. The van der Waals surface area contributed by atoms with E-state index >= 15 is 0 Å². The summed E-state index contributed by atoms with van der Waals surface area (Å²) in [5.74, 6) is 0.523. The fraction of sp³-hybridized carbons (Fsp3) is 0.533. The largest absolute Gasteiger partial charge is 0.350 e. The molecule has 1 saturated heterocycles. The molecule has 2 rings (SSSR count). The van der Waals surface area contributed by atoms with Gasteiger partial charge in [0.1, 0.15) is 6.04 Å². The number of rotatable bonds is 4. The van der Waals surface area contributed by atoms with Gasteiger partial charge in [-0.3, -0.25) is 4.79 Å². The highest BCUT2D eigenvalue weighted by atomic mass is 32.2. The van der Waals surface area contributed by atoms with Crippen LogP contribution in [0.15, 0.2) is 30.3 Å². The molecule has 1 aromatic carbocycles. The fourth-order valence-corrected chi connectivity index (χ4v) is 5.55. The van der Waals surface area contributed by atoms with Crippen molar-refractivity contribution < 1.29 is 13.2 Å². The van der Waals surface area contributed by atoms with E-state index in [1.165, 1.54) is 16.1 Å². The molecule has 1 aromatic rings. The van der Waals surface area contributed by atoms with Crippen LogP contribution in [-0.2, 0) is 20.6 Å². The number of carbonyl (C=O) groups is 1. The van der Waals surface area contributed by atoms with E-state index < -0.39 is 16.1 Å². The molecule has 0 aliphatic carbocycles. The quantitative estimate of drug-likeness (QED) is 0.906. The number of nitrogens with zero attached hydrogens (tertiary/aromatic N) is 1. The van der Waals surface area contributed by atoms with Gasteiger partial charge >= 0.3 is 0 Å². The number of benzene rings is 1. The first-order valence-corrected chi connectivity index (χ1v) is 9.89. The molecule has 7 heteroatoms. The minimum absolute atomic E-state index is 0.0757. The number of hydrogen-bond donors (Lipinski definition) is 1. The van der Waals surface area contributed by atoms with Gasteiger partial charge in [0, 0.05) is 11.3 Å². The summed E-state index contributed by atoms with van der Waals surface area (Å²) >= 11 is 1.47. The summed E-state index contributed by atoms with van der Waals surface area (Å²) in [6.45, 7) is 5.65. The lowest BCUT2D eigenvalue weighted by Crippen LogP contribution is -2.52. The Labute approximate surface area is 136 Å². The Morgan fingerprint density at radius 2 is 1.95 bits per heavy atom. The van der Waals surface area contributed by atoms with Crippen LogP contribution in [-0.4, -0.2) is 41.8 Å². The average molecular weight is 342 g/mol. The Kier molecular flexibility index (Phi) is 5.19. The van der Waals surface area contributed by atoms with Crippen molar-refractivity contribution in [3.63, 3.8) is 0 Å². The zero-order valence-corrected chi connectivity index (χ0v) is 14.7. The number of hydrogen-bond acceptors (Lipinski definition) is 4. The molecular weight excluding hydrogens is 320 g/mol. The molecule has 1 fully saturated rings. The molecule has 1 N–H and O–H groups in total. The molecule has 0 saturated carbocycles. The zero-order chi connectivity index (χ0) is 16.4. The molecule has 1 amide bonds. The van der Waals surface area contributed by atoms with Gasteiger partial charge in [0.05, 0.1) is 11.6 Å². The van der Waals surface area contributed by atoms with E-state index in [0.29, 0.717) is 11.6 Å². The second-order valence-electron chi connectivity index (χ2n) is 6.38. The van der Waals surface area contributed by atoms with Gasteiger partial charge in [-0.1, -0.05) is 30.3 Å². The van der Waals surface area contributed by atoms with Gasteiger partial charge in [-0.05, 0) is 26.3 Å².